The van der Waals surface area contributed by atoms with Crippen molar-refractivity contribution in [2.75, 3.05) is 0 Å². The number of hydrogen-bond acceptors (Lipinski definition) is 1. The molecule has 3 aromatic rings. The van der Waals surface area contributed by atoms with Gasteiger partial charge in [-0.3, -0.25) is 4.98 Å². The van der Waals surface area contributed by atoms with Crippen molar-refractivity contribution in [1.29, 1.82) is 0 Å². The first kappa shape index (κ1) is 14.9. The summed E-state index contributed by atoms with van der Waals surface area (Å²) in [5, 5.41) is 2.48. The quantitative estimate of drug-likeness (QED) is 0.548. The largest absolute Gasteiger partial charge is 0.255 e. The third-order valence-corrected chi connectivity index (χ3v) is 4.68. The number of aromatic nitrogens is 1. The van der Waals surface area contributed by atoms with E-state index in [9.17, 15) is 0 Å². The second-order valence-corrected chi connectivity index (χ2v) is 6.33. The summed E-state index contributed by atoms with van der Waals surface area (Å²) in [4.78, 5) is 4.82. The molecule has 0 aliphatic heterocycles. The summed E-state index contributed by atoms with van der Waals surface area (Å²) in [7, 11) is 0. The predicted molar refractivity (Wildman–Crippen MR) is 104 cm³/mol. The molecule has 4 rings (SSSR count). The maximum atomic E-state index is 4.82. The maximum Gasteiger partial charge on any atom is 0.0737 e. The van der Waals surface area contributed by atoms with E-state index in [-0.39, 0.29) is 0 Å². The van der Waals surface area contributed by atoms with Crippen molar-refractivity contribution >= 4 is 28.5 Å². The van der Waals surface area contributed by atoms with E-state index >= 15 is 0 Å². The molecule has 0 radical (unpaired) electrons. The van der Waals surface area contributed by atoms with E-state index in [2.05, 4.69) is 72.8 Å². The highest BCUT2D eigenvalue weighted by molar-refractivity contribution is 5.96. The van der Waals surface area contributed by atoms with Gasteiger partial charge in [-0.1, -0.05) is 72.8 Å². The number of pyridine rings is 1. The molecule has 118 valence electrons. The SMILES string of the molecule is C1=C(c2ncc3ccccc3c2/C=C/c2ccccc2)CCCC1. The lowest BCUT2D eigenvalue weighted by atomic mass is 9.92. The molecule has 1 aliphatic rings. The Kier molecular flexibility index (Phi) is 4.24. The molecule has 2 aromatic carbocycles. The molecular weight excluding hydrogens is 290 g/mol. The lowest BCUT2D eigenvalue weighted by molar-refractivity contribution is 0.740. The summed E-state index contributed by atoms with van der Waals surface area (Å²) < 4.78 is 0. The summed E-state index contributed by atoms with van der Waals surface area (Å²) in [6.45, 7) is 0. The minimum Gasteiger partial charge on any atom is -0.255 e. The Bertz CT molecular complexity index is 904. The minimum absolute atomic E-state index is 1.14. The van der Waals surface area contributed by atoms with Crippen LogP contribution in [-0.2, 0) is 0 Å². The topological polar surface area (TPSA) is 12.9 Å². The van der Waals surface area contributed by atoms with Gasteiger partial charge in [0.15, 0.2) is 0 Å². The van der Waals surface area contributed by atoms with E-state index < -0.39 is 0 Å². The van der Waals surface area contributed by atoms with Crippen molar-refractivity contribution in [2.24, 2.45) is 0 Å². The summed E-state index contributed by atoms with van der Waals surface area (Å²) in [6.07, 6.45) is 13.7. The monoisotopic (exact) mass is 311 g/mol. The van der Waals surface area contributed by atoms with E-state index in [1.54, 1.807) is 0 Å². The molecule has 0 fully saturated rings. The van der Waals surface area contributed by atoms with E-state index in [0.717, 1.165) is 12.1 Å². The smallest absolute Gasteiger partial charge is 0.0737 e. The second kappa shape index (κ2) is 6.84. The van der Waals surface area contributed by atoms with Gasteiger partial charge < -0.3 is 0 Å². The van der Waals surface area contributed by atoms with Gasteiger partial charge >= 0.3 is 0 Å². The second-order valence-electron chi connectivity index (χ2n) is 6.33. The summed E-state index contributed by atoms with van der Waals surface area (Å²) in [6, 6.07) is 19.0. The molecule has 1 nitrogen and oxygen atoms in total. The first-order valence-electron chi connectivity index (χ1n) is 8.72. The van der Waals surface area contributed by atoms with Gasteiger partial charge in [0.2, 0.25) is 0 Å². The highest BCUT2D eigenvalue weighted by atomic mass is 14.7. The maximum absolute atomic E-state index is 4.82. The summed E-state index contributed by atoms with van der Waals surface area (Å²) >= 11 is 0. The highest BCUT2D eigenvalue weighted by Gasteiger charge is 2.13. The first-order valence-corrected chi connectivity index (χ1v) is 8.72. The Morgan fingerprint density at radius 3 is 2.50 bits per heavy atom. The molecule has 24 heavy (non-hydrogen) atoms. The van der Waals surface area contributed by atoms with Crippen molar-refractivity contribution < 1.29 is 0 Å². The molecule has 0 saturated carbocycles. The molecule has 1 heterocycles. The summed E-state index contributed by atoms with van der Waals surface area (Å²) in [5.41, 5.74) is 5.01. The van der Waals surface area contributed by atoms with Crippen LogP contribution in [0.25, 0.3) is 28.5 Å². The van der Waals surface area contributed by atoms with Crippen LogP contribution in [0.2, 0.25) is 0 Å². The van der Waals surface area contributed by atoms with Crippen LogP contribution < -0.4 is 0 Å². The Morgan fingerprint density at radius 1 is 0.833 bits per heavy atom. The van der Waals surface area contributed by atoms with Crippen LogP contribution in [0.3, 0.4) is 0 Å². The van der Waals surface area contributed by atoms with Gasteiger partial charge in [0.1, 0.15) is 0 Å². The first-order chi connectivity index (χ1) is 11.9. The molecule has 1 aromatic heterocycles. The van der Waals surface area contributed by atoms with E-state index in [0.29, 0.717) is 0 Å². The van der Waals surface area contributed by atoms with Crippen LogP contribution in [0.5, 0.6) is 0 Å². The fourth-order valence-corrected chi connectivity index (χ4v) is 3.41. The molecule has 0 atom stereocenters. The third kappa shape index (κ3) is 3.03. The van der Waals surface area contributed by atoms with Crippen molar-refractivity contribution in [3.8, 4) is 0 Å². The number of allylic oxidation sites excluding steroid dienone is 2. The Hall–Kier alpha value is -2.67. The van der Waals surface area contributed by atoms with Crippen LogP contribution >= 0.6 is 0 Å². The Balaban J connectivity index is 1.86. The van der Waals surface area contributed by atoms with Gasteiger partial charge in [0.25, 0.3) is 0 Å². The van der Waals surface area contributed by atoms with E-state index in [4.69, 9.17) is 4.98 Å². The van der Waals surface area contributed by atoms with Crippen LogP contribution in [0, 0.1) is 0 Å². The van der Waals surface area contributed by atoms with Gasteiger partial charge in [-0.05, 0) is 42.2 Å². The third-order valence-electron chi connectivity index (χ3n) is 4.68. The van der Waals surface area contributed by atoms with Gasteiger partial charge in [0, 0.05) is 17.1 Å². The number of hydrogen-bond donors (Lipinski definition) is 0. The van der Waals surface area contributed by atoms with Crippen LogP contribution in [0.15, 0.2) is 66.9 Å². The molecule has 1 heteroatoms. The number of benzene rings is 2. The molecule has 0 N–H and O–H groups in total. The summed E-state index contributed by atoms with van der Waals surface area (Å²) in [5.74, 6) is 0. The van der Waals surface area contributed by atoms with Crippen LogP contribution in [-0.4, -0.2) is 4.98 Å². The number of rotatable bonds is 3. The molecular formula is C23H21N. The zero-order valence-corrected chi connectivity index (χ0v) is 13.8. The van der Waals surface area contributed by atoms with Crippen molar-refractivity contribution in [1.82, 2.24) is 4.98 Å². The normalized spacial score (nSPS) is 14.9. The number of nitrogens with zero attached hydrogens (tertiary/aromatic N) is 1. The van der Waals surface area contributed by atoms with Crippen molar-refractivity contribution in [2.45, 2.75) is 25.7 Å². The highest BCUT2D eigenvalue weighted by Crippen LogP contribution is 2.32. The average Bonchev–Trinajstić information content (AvgIpc) is 2.67. The van der Waals surface area contributed by atoms with E-state index in [1.807, 2.05) is 6.20 Å². The van der Waals surface area contributed by atoms with Gasteiger partial charge in [-0.2, -0.15) is 0 Å². The molecule has 0 bridgehead atoms. The van der Waals surface area contributed by atoms with Crippen molar-refractivity contribution in [3.05, 3.63) is 83.7 Å². The Labute approximate surface area is 143 Å². The predicted octanol–water partition coefficient (Wildman–Crippen LogP) is 6.36. The molecule has 0 saturated heterocycles. The molecule has 1 aliphatic carbocycles. The molecule has 0 unspecified atom stereocenters. The van der Waals surface area contributed by atoms with E-state index in [1.165, 1.54) is 46.7 Å². The van der Waals surface area contributed by atoms with Gasteiger partial charge in [0.05, 0.1) is 5.69 Å². The lowest BCUT2D eigenvalue weighted by Gasteiger charge is -2.16. The van der Waals surface area contributed by atoms with Crippen molar-refractivity contribution in [3.63, 3.8) is 0 Å². The fraction of sp³-hybridized carbons (Fsp3) is 0.174. The fourth-order valence-electron chi connectivity index (χ4n) is 3.41. The van der Waals surface area contributed by atoms with Crippen LogP contribution in [0.4, 0.5) is 0 Å². The average molecular weight is 311 g/mol. The molecule has 0 amide bonds. The molecule has 0 spiro atoms. The zero-order chi connectivity index (χ0) is 16.2. The zero-order valence-electron chi connectivity index (χ0n) is 13.8. The van der Waals surface area contributed by atoms with Gasteiger partial charge in [-0.15, -0.1) is 0 Å². The van der Waals surface area contributed by atoms with Gasteiger partial charge in [-0.25, -0.2) is 0 Å². The standard InChI is InChI=1S/C23H21N/c1-3-9-18(10-4-1)15-16-22-21-14-8-7-13-20(21)17-24-23(22)19-11-5-2-6-12-19/h1,3-4,7-11,13-17H,2,5-6,12H2/b16-15+. The minimum atomic E-state index is 1.14. The lowest BCUT2D eigenvalue weighted by Crippen LogP contribution is -1.98. The Morgan fingerprint density at radius 2 is 1.67 bits per heavy atom. The van der Waals surface area contributed by atoms with Crippen LogP contribution in [0.1, 0.15) is 42.5 Å². The number of fused-ring (bicyclic) bond motifs is 1.